The zero-order valence-electron chi connectivity index (χ0n) is 11.7. The number of aliphatic hydroxyl groups excluding tert-OH is 1. The van der Waals surface area contributed by atoms with Crippen molar-refractivity contribution in [2.45, 2.75) is 25.0 Å². The molecule has 0 aromatic carbocycles. The van der Waals surface area contributed by atoms with Crippen molar-refractivity contribution in [1.82, 2.24) is 14.5 Å². The molecule has 1 aliphatic carbocycles. The number of nitrogen functional groups attached to an aromatic ring is 1. The molecule has 0 spiro atoms. The van der Waals surface area contributed by atoms with Crippen molar-refractivity contribution in [3.8, 4) is 0 Å². The first-order valence-corrected chi connectivity index (χ1v) is 8.24. The average Bonchev–Trinajstić information content (AvgIpc) is 3.00. The number of aromatic nitrogens is 3. The summed E-state index contributed by atoms with van der Waals surface area (Å²) >= 11 is 0. The molecule has 2 aromatic heterocycles. The van der Waals surface area contributed by atoms with E-state index < -0.39 is 16.4 Å². The molecule has 9 nitrogen and oxygen atoms in total. The van der Waals surface area contributed by atoms with Gasteiger partial charge in [0.1, 0.15) is 17.8 Å². The molecule has 120 valence electrons. The Balaban J connectivity index is 1.80. The third-order valence-electron chi connectivity index (χ3n) is 4.01. The van der Waals surface area contributed by atoms with E-state index in [4.69, 9.17) is 10.9 Å². The lowest BCUT2D eigenvalue weighted by molar-refractivity contribution is 0.100. The fourth-order valence-electron chi connectivity index (χ4n) is 2.95. The lowest BCUT2D eigenvalue weighted by Crippen LogP contribution is -2.24. The van der Waals surface area contributed by atoms with Crippen LogP contribution in [0, 0.1) is 5.92 Å². The van der Waals surface area contributed by atoms with Crippen molar-refractivity contribution in [2.24, 2.45) is 11.1 Å². The predicted octanol–water partition coefficient (Wildman–Crippen LogP) is -0.454. The van der Waals surface area contributed by atoms with E-state index in [-0.39, 0.29) is 18.6 Å². The molecule has 0 aliphatic heterocycles. The molecule has 1 saturated carbocycles. The van der Waals surface area contributed by atoms with Crippen molar-refractivity contribution < 1.29 is 17.7 Å². The zero-order valence-corrected chi connectivity index (χ0v) is 12.5. The molecule has 3 unspecified atom stereocenters. The minimum atomic E-state index is -4.00. The van der Waals surface area contributed by atoms with Crippen LogP contribution in [0.3, 0.4) is 0 Å². The summed E-state index contributed by atoms with van der Waals surface area (Å²) in [5, 5.41) is 15.7. The van der Waals surface area contributed by atoms with Gasteiger partial charge in [0.05, 0.1) is 18.1 Å². The van der Waals surface area contributed by atoms with Crippen molar-refractivity contribution in [1.29, 1.82) is 0 Å². The number of hydrogen-bond donors (Lipinski definition) is 3. The molecule has 22 heavy (non-hydrogen) atoms. The molecule has 0 radical (unpaired) electrons. The summed E-state index contributed by atoms with van der Waals surface area (Å²) in [6.45, 7) is -0.132. The Morgan fingerprint density at radius 3 is 2.91 bits per heavy atom. The maximum Gasteiger partial charge on any atom is 0.333 e. The van der Waals surface area contributed by atoms with Gasteiger partial charge in [-0.1, -0.05) is 0 Å². The van der Waals surface area contributed by atoms with E-state index in [2.05, 4.69) is 14.2 Å². The van der Waals surface area contributed by atoms with Gasteiger partial charge >= 0.3 is 10.3 Å². The number of hydrogen-bond acceptors (Lipinski definition) is 7. The minimum Gasteiger partial charge on any atom is -0.393 e. The molecular formula is C12H17N5O4S. The van der Waals surface area contributed by atoms with Gasteiger partial charge in [0.15, 0.2) is 0 Å². The van der Waals surface area contributed by atoms with E-state index in [1.54, 1.807) is 0 Å². The standard InChI is InChI=1S/C12H17N5O4S/c13-11-9-1-2-17(12(9)16-6-15-11)8-3-7(10(18)4-8)5-21-22(14,19)20/h1-2,6-8,10,18H,3-5H2,(H2,13,15,16)(H2,14,19,20). The summed E-state index contributed by atoms with van der Waals surface area (Å²) < 4.78 is 28.2. The zero-order chi connectivity index (χ0) is 15.9. The summed E-state index contributed by atoms with van der Waals surface area (Å²) in [5.74, 6) is 0.0939. The van der Waals surface area contributed by atoms with Gasteiger partial charge < -0.3 is 15.4 Å². The molecule has 3 rings (SSSR count). The van der Waals surface area contributed by atoms with Crippen molar-refractivity contribution in [2.75, 3.05) is 12.3 Å². The highest BCUT2D eigenvalue weighted by Crippen LogP contribution is 2.37. The third kappa shape index (κ3) is 2.90. The molecule has 2 aromatic rings. The van der Waals surface area contributed by atoms with E-state index in [1.807, 2.05) is 16.8 Å². The van der Waals surface area contributed by atoms with E-state index in [0.717, 1.165) is 5.39 Å². The van der Waals surface area contributed by atoms with E-state index in [0.29, 0.717) is 24.3 Å². The second kappa shape index (κ2) is 5.47. The maximum atomic E-state index is 10.9. The fourth-order valence-corrected chi connectivity index (χ4v) is 3.31. The molecule has 1 fully saturated rings. The number of rotatable bonds is 4. The molecule has 5 N–H and O–H groups in total. The summed E-state index contributed by atoms with van der Waals surface area (Å²) in [5.41, 5.74) is 6.50. The topological polar surface area (TPSA) is 146 Å². The quantitative estimate of drug-likeness (QED) is 0.688. The highest BCUT2D eigenvalue weighted by atomic mass is 32.2. The molecule has 1 aliphatic rings. The van der Waals surface area contributed by atoms with Crippen LogP contribution in [0.5, 0.6) is 0 Å². The second-order valence-corrected chi connectivity index (χ2v) is 6.67. The smallest absolute Gasteiger partial charge is 0.333 e. The van der Waals surface area contributed by atoms with Gasteiger partial charge in [0.2, 0.25) is 0 Å². The van der Waals surface area contributed by atoms with Gasteiger partial charge in [0.25, 0.3) is 0 Å². The van der Waals surface area contributed by atoms with Gasteiger partial charge in [0, 0.05) is 18.2 Å². The first-order chi connectivity index (χ1) is 10.3. The molecule has 3 atom stereocenters. The molecule has 10 heteroatoms. The Morgan fingerprint density at radius 2 is 2.18 bits per heavy atom. The number of nitrogens with two attached hydrogens (primary N) is 2. The van der Waals surface area contributed by atoms with Crippen LogP contribution >= 0.6 is 0 Å². The largest absolute Gasteiger partial charge is 0.393 e. The monoisotopic (exact) mass is 327 g/mol. The number of nitrogens with zero attached hydrogens (tertiary/aromatic N) is 3. The van der Waals surface area contributed by atoms with Gasteiger partial charge in [-0.25, -0.2) is 15.1 Å². The SMILES string of the molecule is Nc1ncnc2c1ccn2C1CC(O)C(COS(N)(=O)=O)C1. The van der Waals surface area contributed by atoms with Crippen LogP contribution in [-0.2, 0) is 14.5 Å². The van der Waals surface area contributed by atoms with Crippen LogP contribution in [0.2, 0.25) is 0 Å². The Kier molecular flexibility index (Phi) is 3.77. The first kappa shape index (κ1) is 15.2. The third-order valence-corrected chi connectivity index (χ3v) is 4.48. The highest BCUT2D eigenvalue weighted by molar-refractivity contribution is 7.84. The molecular weight excluding hydrogens is 310 g/mol. The number of aliphatic hydroxyl groups is 1. The number of anilines is 1. The highest BCUT2D eigenvalue weighted by Gasteiger charge is 2.35. The maximum absolute atomic E-state index is 10.9. The molecule has 0 bridgehead atoms. The molecule has 2 heterocycles. The van der Waals surface area contributed by atoms with Gasteiger partial charge in [-0.05, 0) is 18.9 Å². The average molecular weight is 327 g/mol. The van der Waals surface area contributed by atoms with Gasteiger partial charge in [-0.3, -0.25) is 4.18 Å². The second-order valence-electron chi connectivity index (χ2n) is 5.45. The van der Waals surface area contributed by atoms with Crippen LogP contribution in [0.15, 0.2) is 18.6 Å². The number of fused-ring (bicyclic) bond motifs is 1. The first-order valence-electron chi connectivity index (χ1n) is 6.77. The van der Waals surface area contributed by atoms with Crippen LogP contribution in [0.1, 0.15) is 18.9 Å². The van der Waals surface area contributed by atoms with Crippen molar-refractivity contribution in [3.05, 3.63) is 18.6 Å². The lowest BCUT2D eigenvalue weighted by atomic mass is 10.1. The summed E-state index contributed by atoms with van der Waals surface area (Å²) in [6, 6.07) is 1.81. The Hall–Kier alpha value is -1.75. The minimum absolute atomic E-state index is 0.0177. The van der Waals surface area contributed by atoms with E-state index in [9.17, 15) is 13.5 Å². The molecule has 0 saturated heterocycles. The van der Waals surface area contributed by atoms with E-state index in [1.165, 1.54) is 6.33 Å². The van der Waals surface area contributed by atoms with E-state index >= 15 is 0 Å². The van der Waals surface area contributed by atoms with Crippen LogP contribution in [0.4, 0.5) is 5.82 Å². The Morgan fingerprint density at radius 1 is 1.41 bits per heavy atom. The predicted molar refractivity (Wildman–Crippen MR) is 78.8 cm³/mol. The van der Waals surface area contributed by atoms with Gasteiger partial charge in [-0.15, -0.1) is 0 Å². The van der Waals surface area contributed by atoms with Crippen LogP contribution in [-0.4, -0.2) is 40.8 Å². The lowest BCUT2D eigenvalue weighted by Gasteiger charge is -2.14. The van der Waals surface area contributed by atoms with Crippen molar-refractivity contribution >= 4 is 27.2 Å². The summed E-state index contributed by atoms with van der Waals surface area (Å²) in [7, 11) is -4.00. The fraction of sp³-hybridized carbons (Fsp3) is 0.500. The summed E-state index contributed by atoms with van der Waals surface area (Å²) in [6.07, 6.45) is 3.61. The Labute approximate surface area is 127 Å². The van der Waals surface area contributed by atoms with Crippen LogP contribution < -0.4 is 10.9 Å². The van der Waals surface area contributed by atoms with Crippen molar-refractivity contribution in [3.63, 3.8) is 0 Å². The van der Waals surface area contributed by atoms with Crippen LogP contribution in [0.25, 0.3) is 11.0 Å². The summed E-state index contributed by atoms with van der Waals surface area (Å²) in [4.78, 5) is 8.16. The molecule has 0 amide bonds. The normalized spacial score (nSPS) is 25.8. The van der Waals surface area contributed by atoms with Gasteiger partial charge in [-0.2, -0.15) is 8.42 Å². The Bertz CT molecular complexity index is 790.